The zero-order valence-electron chi connectivity index (χ0n) is 13.8. The third-order valence-electron chi connectivity index (χ3n) is 3.87. The summed E-state index contributed by atoms with van der Waals surface area (Å²) in [6, 6.07) is 14.1. The van der Waals surface area contributed by atoms with E-state index in [1.165, 1.54) is 6.07 Å². The molecule has 0 bridgehead atoms. The number of aromatic amines is 1. The van der Waals surface area contributed by atoms with E-state index in [4.69, 9.17) is 4.74 Å². The van der Waals surface area contributed by atoms with Crippen molar-refractivity contribution in [3.63, 3.8) is 0 Å². The van der Waals surface area contributed by atoms with Crippen molar-refractivity contribution >= 4 is 0 Å². The zero-order valence-corrected chi connectivity index (χ0v) is 13.8. The number of pyridine rings is 1. The molecule has 0 radical (unpaired) electrons. The highest BCUT2D eigenvalue weighted by molar-refractivity contribution is 5.73. The van der Waals surface area contributed by atoms with Gasteiger partial charge in [-0.05, 0) is 36.2 Å². The van der Waals surface area contributed by atoms with E-state index in [9.17, 15) is 18.8 Å². The molecular formula is C20H14F2N2O2. The minimum absolute atomic E-state index is 0.0101. The maximum Gasteiger partial charge on any atom is 0.266 e. The summed E-state index contributed by atoms with van der Waals surface area (Å²) in [5, 5.41) is 9.33. The largest absolute Gasteiger partial charge is 0.489 e. The lowest BCUT2D eigenvalue weighted by Crippen LogP contribution is -2.13. The standard InChI is InChI=1S/C20H14F2N2O2/c1-12-8-16(17(10-23)20(25)24-12)15-5-3-2-4-13(15)11-26-14-6-7-18(21)19(22)9-14/h2-9H,11H2,1H3,(H,24,25). The first kappa shape index (κ1) is 17.4. The molecule has 0 aliphatic rings. The van der Waals surface area contributed by atoms with Crippen molar-refractivity contribution in [3.05, 3.63) is 87.3 Å². The van der Waals surface area contributed by atoms with Crippen molar-refractivity contribution in [2.24, 2.45) is 0 Å². The van der Waals surface area contributed by atoms with Crippen molar-refractivity contribution in [2.75, 3.05) is 0 Å². The first-order valence-electron chi connectivity index (χ1n) is 7.79. The number of nitriles is 1. The molecule has 1 N–H and O–H groups in total. The fraction of sp³-hybridized carbons (Fsp3) is 0.100. The molecule has 0 atom stereocenters. The van der Waals surface area contributed by atoms with Gasteiger partial charge in [-0.2, -0.15) is 5.26 Å². The van der Waals surface area contributed by atoms with E-state index in [1.807, 2.05) is 6.07 Å². The predicted molar refractivity (Wildman–Crippen MR) is 92.6 cm³/mol. The second kappa shape index (κ2) is 7.19. The number of nitrogens with zero attached hydrogens (tertiary/aromatic N) is 1. The SMILES string of the molecule is Cc1cc(-c2ccccc2COc2ccc(F)c(F)c2)c(C#N)c(=O)[nH]1. The van der Waals surface area contributed by atoms with E-state index in [2.05, 4.69) is 4.98 Å². The molecule has 0 amide bonds. The smallest absolute Gasteiger partial charge is 0.266 e. The minimum atomic E-state index is -0.993. The van der Waals surface area contributed by atoms with Crippen LogP contribution in [0.3, 0.4) is 0 Å². The molecule has 0 saturated heterocycles. The Morgan fingerprint density at radius 3 is 2.58 bits per heavy atom. The lowest BCUT2D eigenvalue weighted by Gasteiger charge is -2.13. The van der Waals surface area contributed by atoms with Crippen LogP contribution in [0.25, 0.3) is 11.1 Å². The van der Waals surface area contributed by atoms with Crippen LogP contribution in [0.2, 0.25) is 0 Å². The quantitative estimate of drug-likeness (QED) is 0.769. The van der Waals surface area contributed by atoms with Crippen molar-refractivity contribution in [3.8, 4) is 22.9 Å². The van der Waals surface area contributed by atoms with Crippen molar-refractivity contribution in [1.82, 2.24) is 4.98 Å². The van der Waals surface area contributed by atoms with E-state index in [-0.39, 0.29) is 17.9 Å². The number of halogens is 2. The maximum absolute atomic E-state index is 13.3. The summed E-state index contributed by atoms with van der Waals surface area (Å²) in [6.45, 7) is 1.80. The Hall–Kier alpha value is -3.46. The highest BCUT2D eigenvalue weighted by Gasteiger charge is 2.14. The van der Waals surface area contributed by atoms with Gasteiger partial charge in [-0.1, -0.05) is 24.3 Å². The Morgan fingerprint density at radius 1 is 1.08 bits per heavy atom. The van der Waals surface area contributed by atoms with Gasteiger partial charge in [-0.15, -0.1) is 0 Å². The Labute approximate surface area is 148 Å². The molecule has 0 saturated carbocycles. The van der Waals surface area contributed by atoms with Gasteiger partial charge in [-0.3, -0.25) is 4.79 Å². The second-order valence-electron chi connectivity index (χ2n) is 5.70. The van der Waals surface area contributed by atoms with Gasteiger partial charge in [0.25, 0.3) is 5.56 Å². The normalized spacial score (nSPS) is 10.4. The number of benzene rings is 2. The molecule has 0 aliphatic heterocycles. The van der Waals surface area contributed by atoms with Crippen LogP contribution in [0.5, 0.6) is 5.75 Å². The fourth-order valence-corrected chi connectivity index (χ4v) is 2.65. The van der Waals surface area contributed by atoms with Gasteiger partial charge in [0.05, 0.1) is 0 Å². The van der Waals surface area contributed by atoms with Gasteiger partial charge in [0, 0.05) is 17.3 Å². The number of nitrogens with one attached hydrogen (secondary N) is 1. The molecule has 3 aromatic rings. The van der Waals surface area contributed by atoms with Crippen molar-refractivity contribution in [1.29, 1.82) is 5.26 Å². The van der Waals surface area contributed by atoms with Gasteiger partial charge in [0.2, 0.25) is 0 Å². The molecule has 0 unspecified atom stereocenters. The van der Waals surface area contributed by atoms with Crippen LogP contribution in [0.4, 0.5) is 8.78 Å². The van der Waals surface area contributed by atoms with Gasteiger partial charge in [-0.25, -0.2) is 8.78 Å². The highest BCUT2D eigenvalue weighted by atomic mass is 19.2. The number of hydrogen-bond acceptors (Lipinski definition) is 3. The molecule has 0 fully saturated rings. The minimum Gasteiger partial charge on any atom is -0.489 e. The van der Waals surface area contributed by atoms with Crippen LogP contribution in [0.1, 0.15) is 16.8 Å². The first-order chi connectivity index (χ1) is 12.5. The van der Waals surface area contributed by atoms with Crippen LogP contribution in [-0.2, 0) is 6.61 Å². The van der Waals surface area contributed by atoms with E-state index in [0.29, 0.717) is 22.4 Å². The van der Waals surface area contributed by atoms with Crippen molar-refractivity contribution < 1.29 is 13.5 Å². The lowest BCUT2D eigenvalue weighted by atomic mass is 9.96. The lowest BCUT2D eigenvalue weighted by molar-refractivity contribution is 0.304. The molecule has 0 spiro atoms. The summed E-state index contributed by atoms with van der Waals surface area (Å²) in [5.74, 6) is -1.76. The van der Waals surface area contributed by atoms with E-state index >= 15 is 0 Å². The highest BCUT2D eigenvalue weighted by Crippen LogP contribution is 2.27. The molecule has 3 rings (SSSR count). The molecule has 1 aromatic heterocycles. The number of aryl methyl sites for hydroxylation is 1. The molecule has 130 valence electrons. The number of hydrogen-bond donors (Lipinski definition) is 1. The summed E-state index contributed by atoms with van der Waals surface area (Å²) < 4.78 is 31.9. The Morgan fingerprint density at radius 2 is 1.85 bits per heavy atom. The third kappa shape index (κ3) is 3.47. The molecule has 2 aromatic carbocycles. The average molecular weight is 352 g/mol. The molecule has 0 aliphatic carbocycles. The van der Waals surface area contributed by atoms with Crippen LogP contribution < -0.4 is 10.3 Å². The Bertz CT molecular complexity index is 1070. The number of H-pyrrole nitrogens is 1. The second-order valence-corrected chi connectivity index (χ2v) is 5.70. The van der Waals surface area contributed by atoms with Gasteiger partial charge in [0.15, 0.2) is 11.6 Å². The fourth-order valence-electron chi connectivity index (χ4n) is 2.65. The molecule has 1 heterocycles. The number of aromatic nitrogens is 1. The van der Waals surface area contributed by atoms with Crippen LogP contribution >= 0.6 is 0 Å². The summed E-state index contributed by atoms with van der Waals surface area (Å²) >= 11 is 0. The summed E-state index contributed by atoms with van der Waals surface area (Å²) in [5.41, 5.74) is 2.05. The summed E-state index contributed by atoms with van der Waals surface area (Å²) in [6.07, 6.45) is 0. The zero-order chi connectivity index (χ0) is 18.7. The van der Waals surface area contributed by atoms with Gasteiger partial charge in [0.1, 0.15) is 24.0 Å². The van der Waals surface area contributed by atoms with Crippen molar-refractivity contribution in [2.45, 2.75) is 13.5 Å². The number of ether oxygens (including phenoxy) is 1. The molecule has 6 heteroatoms. The van der Waals surface area contributed by atoms with E-state index < -0.39 is 17.2 Å². The van der Waals surface area contributed by atoms with Crippen LogP contribution in [0.15, 0.2) is 53.3 Å². The molecule has 26 heavy (non-hydrogen) atoms. The first-order valence-corrected chi connectivity index (χ1v) is 7.79. The average Bonchev–Trinajstić information content (AvgIpc) is 2.62. The monoisotopic (exact) mass is 352 g/mol. The van der Waals surface area contributed by atoms with Gasteiger partial charge < -0.3 is 9.72 Å². The van der Waals surface area contributed by atoms with Crippen LogP contribution in [0, 0.1) is 29.9 Å². The number of rotatable bonds is 4. The molecular weight excluding hydrogens is 338 g/mol. The van der Waals surface area contributed by atoms with Crippen LogP contribution in [-0.4, -0.2) is 4.98 Å². The Balaban J connectivity index is 1.98. The van der Waals surface area contributed by atoms with Gasteiger partial charge >= 0.3 is 0 Å². The van der Waals surface area contributed by atoms with E-state index in [0.717, 1.165) is 12.1 Å². The molecule has 4 nitrogen and oxygen atoms in total. The topological polar surface area (TPSA) is 65.9 Å². The van der Waals surface area contributed by atoms with E-state index in [1.54, 1.807) is 37.3 Å². The summed E-state index contributed by atoms with van der Waals surface area (Å²) in [4.78, 5) is 14.6. The third-order valence-corrected chi connectivity index (χ3v) is 3.87. The predicted octanol–water partition coefficient (Wildman–Crippen LogP) is 4.08. The maximum atomic E-state index is 13.3. The summed E-state index contributed by atoms with van der Waals surface area (Å²) in [7, 11) is 0. The Kier molecular flexibility index (Phi) is 4.81.